The number of benzene rings is 2. The first-order valence-corrected chi connectivity index (χ1v) is 9.60. The first-order valence-electron chi connectivity index (χ1n) is 9.60. The van der Waals surface area contributed by atoms with Gasteiger partial charge in [-0.1, -0.05) is 18.2 Å². The Morgan fingerprint density at radius 2 is 1.69 bits per heavy atom. The molecule has 0 atom stereocenters. The van der Waals surface area contributed by atoms with Gasteiger partial charge in [-0.05, 0) is 36.2 Å². The van der Waals surface area contributed by atoms with Crippen LogP contribution in [0.2, 0.25) is 0 Å². The van der Waals surface area contributed by atoms with Crippen LogP contribution in [0.4, 0.5) is 18.9 Å². The summed E-state index contributed by atoms with van der Waals surface area (Å²) in [6.07, 6.45) is -4.42. The van der Waals surface area contributed by atoms with Gasteiger partial charge in [-0.15, -0.1) is 13.2 Å². The van der Waals surface area contributed by atoms with E-state index in [2.05, 4.69) is 10.1 Å². The summed E-state index contributed by atoms with van der Waals surface area (Å²) in [4.78, 5) is 27.2. The van der Waals surface area contributed by atoms with Gasteiger partial charge in [-0.25, -0.2) is 0 Å². The Hall–Kier alpha value is -3.53. The van der Waals surface area contributed by atoms with Crippen LogP contribution >= 0.6 is 0 Å². The Morgan fingerprint density at radius 1 is 0.969 bits per heavy atom. The molecule has 7 nitrogen and oxygen atoms in total. The number of imide groups is 1. The lowest BCUT2D eigenvalue weighted by molar-refractivity contribution is -0.274. The zero-order valence-corrected chi connectivity index (χ0v) is 17.4. The van der Waals surface area contributed by atoms with Crippen molar-refractivity contribution in [2.24, 2.45) is 0 Å². The molecule has 0 saturated heterocycles. The highest BCUT2D eigenvalue weighted by molar-refractivity contribution is 6.36. The Balaban J connectivity index is 1.97. The minimum Gasteiger partial charge on any atom is -0.497 e. The Morgan fingerprint density at radius 3 is 2.31 bits per heavy atom. The minimum atomic E-state index is -4.86. The third-order valence-corrected chi connectivity index (χ3v) is 4.61. The number of carbonyl (C=O) groups excluding carboxylic acids is 2. The first kappa shape index (κ1) is 23.1. The van der Waals surface area contributed by atoms with Crippen molar-refractivity contribution in [3.63, 3.8) is 0 Å². The number of rotatable bonds is 9. The van der Waals surface area contributed by atoms with Gasteiger partial charge in [0.05, 0.1) is 12.7 Å². The molecule has 1 N–H and O–H groups in total. The van der Waals surface area contributed by atoms with Crippen LogP contribution in [0.3, 0.4) is 0 Å². The van der Waals surface area contributed by atoms with E-state index in [1.807, 2.05) is 0 Å². The van der Waals surface area contributed by atoms with Crippen molar-refractivity contribution in [1.29, 1.82) is 0 Å². The second-order valence-corrected chi connectivity index (χ2v) is 6.79. The van der Waals surface area contributed by atoms with E-state index in [0.29, 0.717) is 24.3 Å². The van der Waals surface area contributed by atoms with E-state index in [4.69, 9.17) is 9.47 Å². The molecular formula is C22H21F3N2O5. The third-order valence-electron chi connectivity index (χ3n) is 4.61. The normalized spacial score (nSPS) is 14.2. The molecule has 0 unspecified atom stereocenters. The van der Waals surface area contributed by atoms with Crippen LogP contribution in [0.1, 0.15) is 12.0 Å². The van der Waals surface area contributed by atoms with Gasteiger partial charge in [0.15, 0.2) is 0 Å². The second kappa shape index (κ2) is 9.73. The molecule has 1 aliphatic heterocycles. The van der Waals surface area contributed by atoms with E-state index in [0.717, 1.165) is 17.0 Å². The van der Waals surface area contributed by atoms with E-state index >= 15 is 0 Å². The summed E-state index contributed by atoms with van der Waals surface area (Å²) in [5.74, 6) is -0.988. The molecule has 3 rings (SSSR count). The van der Waals surface area contributed by atoms with Crippen LogP contribution in [0.25, 0.3) is 5.57 Å². The van der Waals surface area contributed by atoms with Gasteiger partial charge in [0, 0.05) is 32.0 Å². The van der Waals surface area contributed by atoms with E-state index in [1.54, 1.807) is 24.3 Å². The Labute approximate surface area is 182 Å². The van der Waals surface area contributed by atoms with E-state index in [9.17, 15) is 22.8 Å². The van der Waals surface area contributed by atoms with Crippen molar-refractivity contribution in [1.82, 2.24) is 4.90 Å². The predicted molar refractivity (Wildman–Crippen MR) is 110 cm³/mol. The number of alkyl halides is 3. The zero-order valence-electron chi connectivity index (χ0n) is 17.4. The van der Waals surface area contributed by atoms with Gasteiger partial charge >= 0.3 is 6.36 Å². The number of anilines is 1. The molecule has 1 aliphatic rings. The van der Waals surface area contributed by atoms with E-state index in [-0.39, 0.29) is 23.5 Å². The van der Waals surface area contributed by atoms with Gasteiger partial charge < -0.3 is 19.5 Å². The van der Waals surface area contributed by atoms with E-state index < -0.39 is 23.9 Å². The van der Waals surface area contributed by atoms with Crippen LogP contribution < -0.4 is 14.8 Å². The van der Waals surface area contributed by atoms with Crippen molar-refractivity contribution in [2.45, 2.75) is 12.8 Å². The average molecular weight is 450 g/mol. The highest BCUT2D eigenvalue weighted by atomic mass is 19.4. The molecule has 0 aliphatic carbocycles. The zero-order chi connectivity index (χ0) is 23.3. The number of halogens is 3. The standard InChI is InChI=1S/C22H21F3N2O5/c1-30-12-4-11-27-20(28)18(14-7-9-16(31-2)10-8-14)19(21(27)29)26-15-5-3-6-17(13-15)32-22(23,24)25/h3,5-10,13,26H,4,11-12H2,1-2H3. The molecule has 10 heteroatoms. The maximum absolute atomic E-state index is 13.1. The van der Waals surface area contributed by atoms with Crippen molar-refractivity contribution in [2.75, 3.05) is 32.7 Å². The monoisotopic (exact) mass is 450 g/mol. The molecule has 0 fully saturated rings. The minimum absolute atomic E-state index is 0.0401. The summed E-state index contributed by atoms with van der Waals surface area (Å²) in [6, 6.07) is 11.6. The topological polar surface area (TPSA) is 77.1 Å². The van der Waals surface area contributed by atoms with Crippen molar-refractivity contribution >= 4 is 23.1 Å². The molecule has 0 bridgehead atoms. The molecule has 1 heterocycles. The Bertz CT molecular complexity index is 1020. The molecule has 0 aromatic heterocycles. The lowest BCUT2D eigenvalue weighted by Crippen LogP contribution is -2.33. The lowest BCUT2D eigenvalue weighted by Gasteiger charge is -2.15. The third kappa shape index (κ3) is 5.38. The molecule has 32 heavy (non-hydrogen) atoms. The number of methoxy groups -OCH3 is 2. The highest BCUT2D eigenvalue weighted by Gasteiger charge is 2.39. The van der Waals surface area contributed by atoms with Crippen LogP contribution in [0.5, 0.6) is 11.5 Å². The fraction of sp³-hybridized carbons (Fsp3) is 0.273. The number of carbonyl (C=O) groups is 2. The largest absolute Gasteiger partial charge is 0.573 e. The molecule has 0 spiro atoms. The average Bonchev–Trinajstić information content (AvgIpc) is 2.97. The number of nitrogens with zero attached hydrogens (tertiary/aromatic N) is 1. The summed E-state index contributed by atoms with van der Waals surface area (Å²) in [6.45, 7) is 0.488. The van der Waals surface area contributed by atoms with Crippen molar-refractivity contribution in [3.8, 4) is 11.5 Å². The molecule has 2 aromatic rings. The van der Waals surface area contributed by atoms with Gasteiger partial charge in [0.2, 0.25) is 0 Å². The molecular weight excluding hydrogens is 429 g/mol. The first-order chi connectivity index (χ1) is 15.2. The SMILES string of the molecule is COCCCN1C(=O)C(Nc2cccc(OC(F)(F)F)c2)=C(c2ccc(OC)cc2)C1=O. The predicted octanol–water partition coefficient (Wildman–Crippen LogP) is 3.82. The molecule has 2 aromatic carbocycles. The van der Waals surface area contributed by atoms with Gasteiger partial charge in [0.25, 0.3) is 11.8 Å². The number of amides is 2. The van der Waals surface area contributed by atoms with Crippen LogP contribution in [-0.4, -0.2) is 50.4 Å². The smallest absolute Gasteiger partial charge is 0.497 e. The lowest BCUT2D eigenvalue weighted by atomic mass is 10.0. The number of hydrogen-bond acceptors (Lipinski definition) is 6. The number of ether oxygens (including phenoxy) is 3. The van der Waals surface area contributed by atoms with Gasteiger partial charge in [0.1, 0.15) is 17.2 Å². The number of hydrogen-bond donors (Lipinski definition) is 1. The maximum atomic E-state index is 13.1. The van der Waals surface area contributed by atoms with Crippen molar-refractivity contribution < 1.29 is 37.0 Å². The molecule has 0 radical (unpaired) electrons. The molecule has 170 valence electrons. The fourth-order valence-electron chi connectivity index (χ4n) is 3.20. The van der Waals surface area contributed by atoms with Crippen LogP contribution in [-0.2, 0) is 14.3 Å². The van der Waals surface area contributed by atoms with Gasteiger partial charge in [-0.3, -0.25) is 14.5 Å². The summed E-state index contributed by atoms with van der Waals surface area (Å²) in [7, 11) is 3.01. The van der Waals surface area contributed by atoms with Crippen LogP contribution in [0, 0.1) is 0 Å². The summed E-state index contributed by atoms with van der Waals surface area (Å²) >= 11 is 0. The Kier molecular flexibility index (Phi) is 7.04. The number of nitrogens with one attached hydrogen (secondary N) is 1. The molecule has 2 amide bonds. The second-order valence-electron chi connectivity index (χ2n) is 6.79. The van der Waals surface area contributed by atoms with Crippen LogP contribution in [0.15, 0.2) is 54.2 Å². The van der Waals surface area contributed by atoms with E-state index in [1.165, 1.54) is 26.4 Å². The summed E-state index contributed by atoms with van der Waals surface area (Å²) in [5, 5.41) is 2.80. The molecule has 0 saturated carbocycles. The quantitative estimate of drug-likeness (QED) is 0.462. The van der Waals surface area contributed by atoms with Gasteiger partial charge in [-0.2, -0.15) is 0 Å². The van der Waals surface area contributed by atoms with Crippen molar-refractivity contribution in [3.05, 3.63) is 59.8 Å². The summed E-state index contributed by atoms with van der Waals surface area (Å²) in [5.41, 5.74) is 0.690. The fourth-order valence-corrected chi connectivity index (χ4v) is 3.20. The maximum Gasteiger partial charge on any atom is 0.573 e. The highest BCUT2D eigenvalue weighted by Crippen LogP contribution is 2.33. The summed E-state index contributed by atoms with van der Waals surface area (Å²) < 4.78 is 51.7.